The predicted octanol–water partition coefficient (Wildman–Crippen LogP) is 2.95. The quantitative estimate of drug-likeness (QED) is 0.434. The normalized spacial score (nSPS) is 11.1. The second-order valence-electron chi connectivity index (χ2n) is 6.79. The molecule has 3 aromatic carbocycles. The van der Waals surface area contributed by atoms with Crippen molar-refractivity contribution < 1.29 is 31.2 Å². The van der Waals surface area contributed by atoms with E-state index in [-0.39, 0.29) is 17.0 Å². The summed E-state index contributed by atoms with van der Waals surface area (Å²) in [5, 5.41) is 4.26. The third-order valence-electron chi connectivity index (χ3n) is 4.43. The summed E-state index contributed by atoms with van der Waals surface area (Å²) in [5.41, 5.74) is 0.119. The van der Waals surface area contributed by atoms with Crippen LogP contribution in [0.4, 0.5) is 18.9 Å². The molecule has 0 heterocycles. The maximum atomic E-state index is 13.6. The van der Waals surface area contributed by atoms with Gasteiger partial charge in [0.25, 0.3) is 5.91 Å². The fraction of sp³-hybridized carbons (Fsp3) is 0.0909. The average molecular weight is 477 g/mol. The Hall–Kier alpha value is -3.70. The van der Waals surface area contributed by atoms with Gasteiger partial charge in [0, 0.05) is 12.1 Å². The summed E-state index contributed by atoms with van der Waals surface area (Å²) in [4.78, 5) is 24.1. The third-order valence-corrected chi connectivity index (χ3v) is 5.83. The number of benzene rings is 3. The molecule has 3 aromatic rings. The van der Waals surface area contributed by atoms with Crippen LogP contribution in [-0.2, 0) is 21.4 Å². The lowest BCUT2D eigenvalue weighted by Gasteiger charge is -2.10. The first kappa shape index (κ1) is 24.0. The van der Waals surface area contributed by atoms with Gasteiger partial charge in [0.05, 0.1) is 17.1 Å². The molecule has 0 aliphatic carbocycles. The zero-order chi connectivity index (χ0) is 24.0. The zero-order valence-electron chi connectivity index (χ0n) is 16.9. The van der Waals surface area contributed by atoms with Crippen molar-refractivity contribution in [1.82, 2.24) is 10.0 Å². The van der Waals surface area contributed by atoms with Gasteiger partial charge in [-0.15, -0.1) is 0 Å². The lowest BCUT2D eigenvalue weighted by atomic mass is 10.2. The molecule has 0 aliphatic heterocycles. The van der Waals surface area contributed by atoms with Gasteiger partial charge in [0.1, 0.15) is 0 Å². The van der Waals surface area contributed by atoms with Crippen LogP contribution in [0.15, 0.2) is 71.6 Å². The number of hydrogen-bond acceptors (Lipinski definition) is 4. The molecule has 0 aliphatic rings. The molecule has 3 N–H and O–H groups in total. The molecule has 172 valence electrons. The van der Waals surface area contributed by atoms with Crippen molar-refractivity contribution in [2.24, 2.45) is 0 Å². The van der Waals surface area contributed by atoms with Crippen LogP contribution >= 0.6 is 0 Å². The Morgan fingerprint density at radius 2 is 1.58 bits per heavy atom. The van der Waals surface area contributed by atoms with Crippen LogP contribution in [0, 0.1) is 17.5 Å². The molecule has 0 spiro atoms. The fourth-order valence-electron chi connectivity index (χ4n) is 2.74. The standard InChI is InChI=1S/C22H18F3N3O4S/c23-17-9-10-18(21(25)20(17)24)28-19(29)13-26-22(30)15-7-4-8-16(11-15)33(31,32)27-12-14-5-2-1-3-6-14/h1-11,27H,12-13H2,(H,26,30)(H,28,29). The summed E-state index contributed by atoms with van der Waals surface area (Å²) < 4.78 is 67.3. The first-order valence-corrected chi connectivity index (χ1v) is 11.0. The predicted molar refractivity (Wildman–Crippen MR) is 114 cm³/mol. The molecule has 7 nitrogen and oxygen atoms in total. The summed E-state index contributed by atoms with van der Waals surface area (Å²) in [6.45, 7) is -0.569. The minimum atomic E-state index is -3.92. The third kappa shape index (κ3) is 6.18. The van der Waals surface area contributed by atoms with Crippen molar-refractivity contribution in [3.05, 3.63) is 95.3 Å². The average Bonchev–Trinajstić information content (AvgIpc) is 2.82. The van der Waals surface area contributed by atoms with Crippen molar-refractivity contribution in [2.75, 3.05) is 11.9 Å². The van der Waals surface area contributed by atoms with Gasteiger partial charge >= 0.3 is 0 Å². The number of hydrogen-bond donors (Lipinski definition) is 3. The zero-order valence-corrected chi connectivity index (χ0v) is 17.8. The Morgan fingerprint density at radius 3 is 2.30 bits per heavy atom. The second-order valence-corrected chi connectivity index (χ2v) is 8.56. The first-order chi connectivity index (χ1) is 15.7. The van der Waals surface area contributed by atoms with Gasteiger partial charge in [-0.1, -0.05) is 36.4 Å². The number of carbonyl (C=O) groups excluding carboxylic acids is 2. The molecule has 0 unspecified atom stereocenters. The van der Waals surface area contributed by atoms with Crippen molar-refractivity contribution in [1.29, 1.82) is 0 Å². The Bertz CT molecular complexity index is 1290. The molecule has 0 bridgehead atoms. The Labute approximate surface area is 187 Å². The number of sulfonamides is 1. The highest BCUT2D eigenvalue weighted by atomic mass is 32.2. The van der Waals surface area contributed by atoms with E-state index in [2.05, 4.69) is 10.0 Å². The minimum Gasteiger partial charge on any atom is -0.343 e. The summed E-state index contributed by atoms with van der Waals surface area (Å²) in [5.74, 6) is -6.39. The molecular formula is C22H18F3N3O4S. The van der Waals surface area contributed by atoms with Gasteiger partial charge in [0.15, 0.2) is 17.5 Å². The highest BCUT2D eigenvalue weighted by Gasteiger charge is 2.18. The lowest BCUT2D eigenvalue weighted by Crippen LogP contribution is -2.33. The molecule has 0 radical (unpaired) electrons. The molecule has 0 saturated heterocycles. The summed E-state index contributed by atoms with van der Waals surface area (Å²) in [6.07, 6.45) is 0. The molecule has 2 amide bonds. The van der Waals surface area contributed by atoms with E-state index in [4.69, 9.17) is 0 Å². The lowest BCUT2D eigenvalue weighted by molar-refractivity contribution is -0.115. The Morgan fingerprint density at radius 1 is 0.848 bits per heavy atom. The first-order valence-electron chi connectivity index (χ1n) is 9.52. The van der Waals surface area contributed by atoms with Crippen molar-refractivity contribution >= 4 is 27.5 Å². The summed E-state index contributed by atoms with van der Waals surface area (Å²) >= 11 is 0. The van der Waals surface area contributed by atoms with Gasteiger partial charge < -0.3 is 10.6 Å². The van der Waals surface area contributed by atoms with E-state index >= 15 is 0 Å². The van der Waals surface area contributed by atoms with E-state index in [0.717, 1.165) is 17.7 Å². The fourth-order valence-corrected chi connectivity index (χ4v) is 3.80. The van der Waals surface area contributed by atoms with Crippen LogP contribution < -0.4 is 15.4 Å². The minimum absolute atomic E-state index is 0.0376. The maximum absolute atomic E-state index is 13.6. The maximum Gasteiger partial charge on any atom is 0.251 e. The van der Waals surface area contributed by atoms with E-state index in [1.807, 2.05) is 5.32 Å². The van der Waals surface area contributed by atoms with Gasteiger partial charge in [-0.2, -0.15) is 0 Å². The molecular weight excluding hydrogens is 459 g/mol. The number of anilines is 1. The van der Waals surface area contributed by atoms with Crippen molar-refractivity contribution in [3.63, 3.8) is 0 Å². The Kier molecular flexibility index (Phi) is 7.46. The van der Waals surface area contributed by atoms with Crippen LogP contribution in [0.3, 0.4) is 0 Å². The van der Waals surface area contributed by atoms with Gasteiger partial charge in [0.2, 0.25) is 15.9 Å². The number of nitrogens with one attached hydrogen (secondary N) is 3. The van der Waals surface area contributed by atoms with E-state index in [1.54, 1.807) is 30.3 Å². The molecule has 0 atom stereocenters. The molecule has 0 saturated carbocycles. The number of amides is 2. The monoisotopic (exact) mass is 477 g/mol. The van der Waals surface area contributed by atoms with Crippen LogP contribution in [0.25, 0.3) is 0 Å². The van der Waals surface area contributed by atoms with Crippen molar-refractivity contribution in [3.8, 4) is 0 Å². The number of rotatable bonds is 8. The van der Waals surface area contributed by atoms with Crippen molar-refractivity contribution in [2.45, 2.75) is 11.4 Å². The summed E-state index contributed by atoms with van der Waals surface area (Å²) in [7, 11) is -3.92. The second kappa shape index (κ2) is 10.3. The number of carbonyl (C=O) groups is 2. The molecule has 11 heteroatoms. The van der Waals surface area contributed by atoms with Crippen LogP contribution in [0.1, 0.15) is 15.9 Å². The molecule has 0 fully saturated rings. The largest absolute Gasteiger partial charge is 0.343 e. The van der Waals surface area contributed by atoms with E-state index in [0.29, 0.717) is 6.07 Å². The van der Waals surface area contributed by atoms with E-state index in [1.165, 1.54) is 18.2 Å². The number of halogens is 3. The molecule has 0 aromatic heterocycles. The smallest absolute Gasteiger partial charge is 0.251 e. The SMILES string of the molecule is O=C(CNC(=O)c1cccc(S(=O)(=O)NCc2ccccc2)c1)Nc1ccc(F)c(F)c1F. The van der Waals surface area contributed by atoms with Gasteiger partial charge in [-0.3, -0.25) is 9.59 Å². The van der Waals surface area contributed by atoms with Crippen LogP contribution in [0.2, 0.25) is 0 Å². The summed E-state index contributed by atoms with van der Waals surface area (Å²) in [6, 6.07) is 15.5. The van der Waals surface area contributed by atoms with Gasteiger partial charge in [-0.05, 0) is 35.9 Å². The topological polar surface area (TPSA) is 104 Å². The Balaban J connectivity index is 1.61. The van der Waals surface area contributed by atoms with Gasteiger partial charge in [-0.25, -0.2) is 26.3 Å². The van der Waals surface area contributed by atoms with Crippen LogP contribution in [0.5, 0.6) is 0 Å². The molecule has 3 rings (SSSR count). The molecule has 33 heavy (non-hydrogen) atoms. The highest BCUT2D eigenvalue weighted by Crippen LogP contribution is 2.19. The van der Waals surface area contributed by atoms with Crippen LogP contribution in [-0.4, -0.2) is 26.8 Å². The van der Waals surface area contributed by atoms with E-state index < -0.39 is 51.5 Å². The highest BCUT2D eigenvalue weighted by molar-refractivity contribution is 7.89. The van der Waals surface area contributed by atoms with E-state index in [9.17, 15) is 31.2 Å².